The van der Waals surface area contributed by atoms with Gasteiger partial charge in [-0.15, -0.1) is 0 Å². The van der Waals surface area contributed by atoms with E-state index in [9.17, 15) is 0 Å². The maximum Gasteiger partial charge on any atom is 0.134 e. The van der Waals surface area contributed by atoms with Gasteiger partial charge in [-0.25, -0.2) is 0 Å². The number of aryl methyl sites for hydroxylation is 2. The molecule has 0 aliphatic rings. The molecule has 0 saturated carbocycles. The molecule has 1 unspecified atom stereocenters. The molecule has 0 spiro atoms. The van der Waals surface area contributed by atoms with E-state index >= 15 is 0 Å². The summed E-state index contributed by atoms with van der Waals surface area (Å²) in [6, 6.07) is 0.403. The van der Waals surface area contributed by atoms with Crippen LogP contribution in [0.4, 0.5) is 5.82 Å². The fraction of sp³-hybridized carbons (Fsp3) is 0.714. The van der Waals surface area contributed by atoms with Gasteiger partial charge in [0, 0.05) is 13.1 Å². The van der Waals surface area contributed by atoms with Gasteiger partial charge in [-0.05, 0) is 20.3 Å². The van der Waals surface area contributed by atoms with Crippen LogP contribution in [0, 0.1) is 6.92 Å². The van der Waals surface area contributed by atoms with Crippen molar-refractivity contribution in [2.45, 2.75) is 58.9 Å². The van der Waals surface area contributed by atoms with Gasteiger partial charge in [-0.1, -0.05) is 44.8 Å². The number of nitrogens with two attached hydrogens (primary N) is 1. The van der Waals surface area contributed by atoms with E-state index in [2.05, 4.69) is 24.3 Å². The summed E-state index contributed by atoms with van der Waals surface area (Å²) in [6.45, 7) is 6.36. The van der Waals surface area contributed by atoms with Crippen LogP contribution >= 0.6 is 12.2 Å². The Morgan fingerprint density at radius 1 is 1.42 bits per heavy atom. The lowest BCUT2D eigenvalue weighted by Gasteiger charge is -2.16. The molecule has 5 heteroatoms. The number of thiocarbonyl (C=S) groups is 1. The molecular weight excluding hydrogens is 256 g/mol. The van der Waals surface area contributed by atoms with Gasteiger partial charge in [0.2, 0.25) is 0 Å². The smallest absolute Gasteiger partial charge is 0.134 e. The van der Waals surface area contributed by atoms with Gasteiger partial charge in [-0.2, -0.15) is 5.10 Å². The highest BCUT2D eigenvalue weighted by Gasteiger charge is 2.16. The molecular formula is C14H26N4S. The normalized spacial score (nSPS) is 12.4. The zero-order valence-corrected chi connectivity index (χ0v) is 13.3. The summed E-state index contributed by atoms with van der Waals surface area (Å²) in [7, 11) is 1.92. The molecule has 0 aliphatic heterocycles. The van der Waals surface area contributed by atoms with Crippen LogP contribution in [0.1, 0.15) is 57.2 Å². The third-order valence-corrected chi connectivity index (χ3v) is 3.55. The number of rotatable bonds is 8. The first-order chi connectivity index (χ1) is 8.97. The molecule has 19 heavy (non-hydrogen) atoms. The van der Waals surface area contributed by atoms with Gasteiger partial charge in [-0.3, -0.25) is 4.68 Å². The van der Waals surface area contributed by atoms with Crippen LogP contribution in [0.25, 0.3) is 0 Å². The van der Waals surface area contributed by atoms with Crippen molar-refractivity contribution < 1.29 is 0 Å². The first kappa shape index (κ1) is 16.0. The zero-order chi connectivity index (χ0) is 14.4. The number of aromatic nitrogens is 2. The number of unbranched alkanes of at least 4 members (excludes halogenated alkanes) is 3. The molecule has 1 aromatic rings. The van der Waals surface area contributed by atoms with Crippen LogP contribution < -0.4 is 11.1 Å². The highest BCUT2D eigenvalue weighted by Crippen LogP contribution is 2.20. The lowest BCUT2D eigenvalue weighted by Crippen LogP contribution is -2.20. The Hall–Kier alpha value is -1.10. The monoisotopic (exact) mass is 282 g/mol. The van der Waals surface area contributed by atoms with Crippen LogP contribution in [-0.4, -0.2) is 20.8 Å². The van der Waals surface area contributed by atoms with Crippen LogP contribution in [0.3, 0.4) is 0 Å². The van der Waals surface area contributed by atoms with E-state index in [4.69, 9.17) is 18.0 Å². The molecule has 0 fully saturated rings. The molecule has 3 N–H and O–H groups in total. The van der Waals surface area contributed by atoms with E-state index in [-0.39, 0.29) is 0 Å². The number of hydrogen-bond donors (Lipinski definition) is 2. The summed E-state index contributed by atoms with van der Waals surface area (Å²) >= 11 is 5.11. The number of nitrogens with one attached hydrogen (secondary N) is 1. The largest absolute Gasteiger partial charge is 0.389 e. The van der Waals surface area contributed by atoms with Crippen LogP contribution in [-0.2, 0) is 7.05 Å². The Morgan fingerprint density at radius 3 is 2.68 bits per heavy atom. The second-order valence-corrected chi connectivity index (χ2v) is 5.63. The van der Waals surface area contributed by atoms with Gasteiger partial charge >= 0.3 is 0 Å². The van der Waals surface area contributed by atoms with E-state index < -0.39 is 0 Å². The third-order valence-electron chi connectivity index (χ3n) is 3.34. The van der Waals surface area contributed by atoms with Crippen molar-refractivity contribution in [1.29, 1.82) is 0 Å². The molecule has 0 aromatic carbocycles. The summed E-state index contributed by atoms with van der Waals surface area (Å²) in [6.07, 6.45) is 6.29. The summed E-state index contributed by atoms with van der Waals surface area (Å²) in [4.78, 5) is 0.409. The van der Waals surface area contributed by atoms with E-state index in [1.54, 1.807) is 0 Å². The highest BCUT2D eigenvalue weighted by atomic mass is 32.1. The van der Waals surface area contributed by atoms with Crippen LogP contribution in [0.2, 0.25) is 0 Å². The van der Waals surface area contributed by atoms with Crippen molar-refractivity contribution >= 4 is 23.0 Å². The summed E-state index contributed by atoms with van der Waals surface area (Å²) in [5.74, 6) is 0.938. The van der Waals surface area contributed by atoms with Gasteiger partial charge in [0.25, 0.3) is 0 Å². The fourth-order valence-corrected chi connectivity index (χ4v) is 2.55. The lowest BCUT2D eigenvalue weighted by atomic mass is 10.1. The van der Waals surface area contributed by atoms with E-state index in [1.807, 2.05) is 18.7 Å². The second kappa shape index (κ2) is 7.48. The van der Waals surface area contributed by atoms with Crippen molar-refractivity contribution in [2.24, 2.45) is 12.8 Å². The fourth-order valence-electron chi connectivity index (χ4n) is 2.30. The minimum absolute atomic E-state index is 0.403. The van der Waals surface area contributed by atoms with Crippen molar-refractivity contribution in [3.8, 4) is 0 Å². The van der Waals surface area contributed by atoms with Gasteiger partial charge in [0.1, 0.15) is 10.8 Å². The van der Waals surface area contributed by atoms with Crippen LogP contribution in [0.15, 0.2) is 0 Å². The first-order valence-corrected chi connectivity index (χ1v) is 7.48. The van der Waals surface area contributed by atoms with Crippen molar-refractivity contribution in [3.63, 3.8) is 0 Å². The topological polar surface area (TPSA) is 55.9 Å². The van der Waals surface area contributed by atoms with Gasteiger partial charge in [0.05, 0.1) is 11.3 Å². The van der Waals surface area contributed by atoms with Crippen LogP contribution in [0.5, 0.6) is 0 Å². The van der Waals surface area contributed by atoms with Crippen molar-refractivity contribution in [2.75, 3.05) is 5.32 Å². The molecule has 1 rings (SSSR count). The number of hydrogen-bond acceptors (Lipinski definition) is 3. The molecule has 0 radical (unpaired) electrons. The molecule has 1 heterocycles. The average molecular weight is 282 g/mol. The minimum Gasteiger partial charge on any atom is -0.389 e. The van der Waals surface area contributed by atoms with E-state index in [0.717, 1.165) is 23.5 Å². The molecule has 0 saturated heterocycles. The standard InChI is InChI=1S/C14H26N4S/c1-5-6-7-8-9-10(2)16-14-12(13(15)19)11(3)17-18(14)4/h10,16H,5-9H2,1-4H3,(H2,15,19). The molecule has 1 atom stereocenters. The zero-order valence-electron chi connectivity index (χ0n) is 12.5. The molecule has 0 aliphatic carbocycles. The predicted molar refractivity (Wildman–Crippen MR) is 85.7 cm³/mol. The molecule has 4 nitrogen and oxygen atoms in total. The Balaban J connectivity index is 2.63. The summed E-state index contributed by atoms with van der Waals surface area (Å²) in [5.41, 5.74) is 7.54. The molecule has 108 valence electrons. The van der Waals surface area contributed by atoms with E-state index in [1.165, 1.54) is 25.7 Å². The highest BCUT2D eigenvalue weighted by molar-refractivity contribution is 7.80. The second-order valence-electron chi connectivity index (χ2n) is 5.19. The Morgan fingerprint density at radius 2 is 2.11 bits per heavy atom. The third kappa shape index (κ3) is 4.49. The number of anilines is 1. The lowest BCUT2D eigenvalue weighted by molar-refractivity contribution is 0.589. The summed E-state index contributed by atoms with van der Waals surface area (Å²) in [5, 5.41) is 7.87. The van der Waals surface area contributed by atoms with Crippen molar-refractivity contribution in [3.05, 3.63) is 11.3 Å². The van der Waals surface area contributed by atoms with Gasteiger partial charge in [0.15, 0.2) is 0 Å². The Bertz CT molecular complexity index is 425. The SMILES string of the molecule is CCCCCCC(C)Nc1c(C(N)=S)c(C)nn1C. The molecule has 1 aromatic heterocycles. The maximum absolute atomic E-state index is 5.78. The number of nitrogens with zero attached hydrogens (tertiary/aromatic N) is 2. The maximum atomic E-state index is 5.78. The molecule has 0 amide bonds. The quantitative estimate of drug-likeness (QED) is 0.568. The Kier molecular flexibility index (Phi) is 6.28. The predicted octanol–water partition coefficient (Wildman–Crippen LogP) is 3.13. The molecule has 0 bridgehead atoms. The van der Waals surface area contributed by atoms with Crippen molar-refractivity contribution in [1.82, 2.24) is 9.78 Å². The first-order valence-electron chi connectivity index (χ1n) is 7.07. The Labute approximate surface area is 121 Å². The van der Waals surface area contributed by atoms with E-state index in [0.29, 0.717) is 11.0 Å². The minimum atomic E-state index is 0.403. The average Bonchev–Trinajstić information content (AvgIpc) is 2.60. The van der Waals surface area contributed by atoms with Gasteiger partial charge < -0.3 is 11.1 Å². The summed E-state index contributed by atoms with van der Waals surface area (Å²) < 4.78 is 1.83.